The van der Waals surface area contributed by atoms with E-state index < -0.39 is 0 Å². The number of hydrogen-bond donors (Lipinski definition) is 1. The second-order valence-corrected chi connectivity index (χ2v) is 7.28. The van der Waals surface area contributed by atoms with Crippen molar-refractivity contribution in [2.24, 2.45) is 17.1 Å². The molecule has 0 radical (unpaired) electrons. The lowest BCUT2D eigenvalue weighted by atomic mass is 9.82. The van der Waals surface area contributed by atoms with Crippen LogP contribution in [-0.2, 0) is 9.47 Å². The number of rotatable bonds is 10. The van der Waals surface area contributed by atoms with Crippen LogP contribution in [0.5, 0.6) is 0 Å². The predicted octanol–water partition coefficient (Wildman–Crippen LogP) is 5.07. The van der Waals surface area contributed by atoms with Crippen molar-refractivity contribution in [2.45, 2.75) is 66.2 Å². The van der Waals surface area contributed by atoms with Crippen LogP contribution in [-0.4, -0.2) is 26.9 Å². The summed E-state index contributed by atoms with van der Waals surface area (Å²) in [5.74, 6) is 1.13. The van der Waals surface area contributed by atoms with Gasteiger partial charge in [-0.1, -0.05) is 65.9 Å². The third-order valence-corrected chi connectivity index (χ3v) is 4.36. The Balaban J connectivity index is 0.000000502. The summed E-state index contributed by atoms with van der Waals surface area (Å²) >= 11 is 0. The maximum atomic E-state index is 5.61. The van der Waals surface area contributed by atoms with E-state index in [1.165, 1.54) is 38.5 Å². The molecule has 3 nitrogen and oxygen atoms in total. The molecule has 0 aromatic heterocycles. The van der Waals surface area contributed by atoms with Crippen LogP contribution in [0.15, 0.2) is 23.9 Å². The molecule has 0 aliphatic heterocycles. The maximum absolute atomic E-state index is 5.61. The summed E-state index contributed by atoms with van der Waals surface area (Å²) in [5, 5.41) is 0. The highest BCUT2D eigenvalue weighted by molar-refractivity contribution is 5.24. The van der Waals surface area contributed by atoms with E-state index in [-0.39, 0.29) is 5.41 Å². The number of nitrogens with two attached hydrogens (primary N) is 1. The zero-order valence-corrected chi connectivity index (χ0v) is 16.1. The summed E-state index contributed by atoms with van der Waals surface area (Å²) in [6, 6.07) is 0. The molecule has 2 N–H and O–H groups in total. The van der Waals surface area contributed by atoms with Crippen LogP contribution < -0.4 is 5.73 Å². The van der Waals surface area contributed by atoms with E-state index >= 15 is 0 Å². The predicted molar refractivity (Wildman–Crippen MR) is 100 cm³/mol. The molecule has 1 saturated carbocycles. The van der Waals surface area contributed by atoms with Crippen molar-refractivity contribution in [1.29, 1.82) is 0 Å². The first-order valence-corrected chi connectivity index (χ1v) is 9.03. The summed E-state index contributed by atoms with van der Waals surface area (Å²) < 4.78 is 10.4. The third kappa shape index (κ3) is 11.4. The average Bonchev–Trinajstić information content (AvgIpc) is 2.42. The lowest BCUT2D eigenvalue weighted by Gasteiger charge is -2.25. The Morgan fingerprint density at radius 1 is 1.30 bits per heavy atom. The number of unbranched alkanes of at least 4 members (excludes halogenated alkanes) is 1. The van der Waals surface area contributed by atoms with E-state index in [0.29, 0.717) is 19.8 Å². The smallest absolute Gasteiger partial charge is 0.0700 e. The van der Waals surface area contributed by atoms with E-state index in [1.807, 2.05) is 13.0 Å². The molecular formula is C20H39NO2. The van der Waals surface area contributed by atoms with Gasteiger partial charge in [-0.3, -0.25) is 0 Å². The monoisotopic (exact) mass is 325 g/mol. The van der Waals surface area contributed by atoms with Gasteiger partial charge >= 0.3 is 0 Å². The first kappa shape index (κ1) is 22.2. The summed E-state index contributed by atoms with van der Waals surface area (Å²) in [7, 11) is 1.66. The van der Waals surface area contributed by atoms with Gasteiger partial charge in [0.2, 0.25) is 0 Å². The van der Waals surface area contributed by atoms with E-state index in [0.717, 1.165) is 17.2 Å². The lowest BCUT2D eigenvalue weighted by Crippen LogP contribution is -2.22. The SMILES string of the molecule is C=C(/C=C(\C)N)C(C)(C)COCCOC.CCCCC1CCC1. The second-order valence-electron chi connectivity index (χ2n) is 7.28. The molecule has 1 rings (SSSR count). The number of ether oxygens (including phenoxy) is 2. The molecule has 0 aromatic rings. The minimum Gasteiger partial charge on any atom is -0.402 e. The first-order chi connectivity index (χ1) is 10.8. The van der Waals surface area contributed by atoms with E-state index in [2.05, 4.69) is 27.4 Å². The van der Waals surface area contributed by atoms with Crippen molar-refractivity contribution in [3.05, 3.63) is 23.9 Å². The molecule has 3 heteroatoms. The fourth-order valence-corrected chi connectivity index (χ4v) is 2.31. The molecule has 0 saturated heterocycles. The molecule has 1 fully saturated rings. The van der Waals surface area contributed by atoms with Crippen LogP contribution in [0.4, 0.5) is 0 Å². The van der Waals surface area contributed by atoms with E-state index in [4.69, 9.17) is 15.2 Å². The van der Waals surface area contributed by atoms with Crippen LogP contribution in [0.3, 0.4) is 0 Å². The highest BCUT2D eigenvalue weighted by Crippen LogP contribution is 2.30. The van der Waals surface area contributed by atoms with Gasteiger partial charge in [0, 0.05) is 18.2 Å². The summed E-state index contributed by atoms with van der Waals surface area (Å²) in [6.45, 7) is 14.2. The Kier molecular flexibility index (Phi) is 12.2. The molecule has 0 bridgehead atoms. The van der Waals surface area contributed by atoms with Gasteiger partial charge in [0.25, 0.3) is 0 Å². The standard InChI is InChI=1S/C12H23NO2.C8H16/c1-10(8-11(2)13)12(3,4)9-15-7-6-14-5;1-2-3-5-8-6-4-7-8/h8H,1,6-7,9,13H2,2-5H3;8H,2-7H2,1H3/b11-8+;. The first-order valence-electron chi connectivity index (χ1n) is 9.03. The summed E-state index contributed by atoms with van der Waals surface area (Å²) in [6.07, 6.45) is 10.8. The number of methoxy groups -OCH3 is 1. The average molecular weight is 326 g/mol. The van der Waals surface area contributed by atoms with E-state index in [1.54, 1.807) is 7.11 Å². The molecular weight excluding hydrogens is 286 g/mol. The molecule has 0 aromatic carbocycles. The van der Waals surface area contributed by atoms with E-state index in [9.17, 15) is 0 Å². The molecule has 0 atom stereocenters. The van der Waals surface area contributed by atoms with Crippen molar-refractivity contribution in [3.63, 3.8) is 0 Å². The van der Waals surface area contributed by atoms with Gasteiger partial charge in [0.15, 0.2) is 0 Å². The van der Waals surface area contributed by atoms with Gasteiger partial charge < -0.3 is 15.2 Å². The van der Waals surface area contributed by atoms with Gasteiger partial charge in [-0.15, -0.1) is 0 Å². The molecule has 23 heavy (non-hydrogen) atoms. The van der Waals surface area contributed by atoms with Crippen molar-refractivity contribution < 1.29 is 9.47 Å². The molecule has 1 aliphatic carbocycles. The molecule has 0 spiro atoms. The highest BCUT2D eigenvalue weighted by atomic mass is 16.5. The zero-order valence-electron chi connectivity index (χ0n) is 16.1. The molecule has 1 aliphatic rings. The van der Waals surface area contributed by atoms with Gasteiger partial charge in [-0.25, -0.2) is 0 Å². The minimum absolute atomic E-state index is 0.0889. The van der Waals surface area contributed by atoms with Crippen molar-refractivity contribution in [1.82, 2.24) is 0 Å². The topological polar surface area (TPSA) is 44.5 Å². The Morgan fingerprint density at radius 3 is 2.39 bits per heavy atom. The molecule has 136 valence electrons. The quantitative estimate of drug-likeness (QED) is 0.450. The number of allylic oxidation sites excluding steroid dienone is 2. The van der Waals surface area contributed by atoms with Crippen LogP contribution in [0.25, 0.3) is 0 Å². The summed E-state index contributed by atoms with van der Waals surface area (Å²) in [4.78, 5) is 0. The van der Waals surface area contributed by atoms with Crippen molar-refractivity contribution in [3.8, 4) is 0 Å². The van der Waals surface area contributed by atoms with Crippen LogP contribution in [0.2, 0.25) is 0 Å². The fraction of sp³-hybridized carbons (Fsp3) is 0.800. The molecule has 0 unspecified atom stereocenters. The number of hydrogen-bond acceptors (Lipinski definition) is 3. The fourth-order valence-electron chi connectivity index (χ4n) is 2.31. The van der Waals surface area contributed by atoms with Gasteiger partial charge in [0.05, 0.1) is 19.8 Å². The lowest BCUT2D eigenvalue weighted by molar-refractivity contribution is 0.0394. The Labute approximate surface area is 144 Å². The third-order valence-electron chi connectivity index (χ3n) is 4.36. The van der Waals surface area contributed by atoms with Gasteiger partial charge in [-0.2, -0.15) is 0 Å². The Morgan fingerprint density at radius 2 is 1.96 bits per heavy atom. The maximum Gasteiger partial charge on any atom is 0.0700 e. The second kappa shape index (κ2) is 12.6. The largest absolute Gasteiger partial charge is 0.402 e. The van der Waals surface area contributed by atoms with Crippen LogP contribution in [0.1, 0.15) is 66.2 Å². The normalized spacial score (nSPS) is 15.6. The minimum atomic E-state index is -0.0889. The van der Waals surface area contributed by atoms with Crippen molar-refractivity contribution >= 4 is 0 Å². The summed E-state index contributed by atoms with van der Waals surface area (Å²) in [5.41, 5.74) is 7.27. The zero-order chi connectivity index (χ0) is 17.7. The molecule has 0 heterocycles. The molecule has 0 amide bonds. The Hall–Kier alpha value is -0.800. The van der Waals surface area contributed by atoms with Crippen LogP contribution in [0, 0.1) is 11.3 Å². The van der Waals surface area contributed by atoms with Crippen molar-refractivity contribution in [2.75, 3.05) is 26.9 Å². The van der Waals surface area contributed by atoms with Gasteiger partial charge in [0.1, 0.15) is 0 Å². The van der Waals surface area contributed by atoms with Crippen LogP contribution >= 0.6 is 0 Å². The Bertz CT molecular complexity index is 340. The highest BCUT2D eigenvalue weighted by Gasteiger charge is 2.20. The van der Waals surface area contributed by atoms with Gasteiger partial charge in [-0.05, 0) is 24.5 Å².